The summed E-state index contributed by atoms with van der Waals surface area (Å²) in [4.78, 5) is 11.1. The van der Waals surface area contributed by atoms with Crippen molar-refractivity contribution in [2.75, 3.05) is 13.1 Å². The van der Waals surface area contributed by atoms with Crippen molar-refractivity contribution in [3.63, 3.8) is 0 Å². The minimum atomic E-state index is -1.28. The number of rotatable bonds is 0. The molecule has 1 fully saturated rings. The Kier molecular flexibility index (Phi) is 1.46. The summed E-state index contributed by atoms with van der Waals surface area (Å²) in [5, 5.41) is 0. The molecule has 46 valence electrons. The highest BCUT2D eigenvalue weighted by Gasteiger charge is 2.15. The Morgan fingerprint density at radius 2 is 1.88 bits per heavy atom. The fraction of sp³-hybridized carbons (Fsp3) is 0.800. The van der Waals surface area contributed by atoms with Crippen LogP contribution in [-0.2, 0) is 0 Å². The van der Waals surface area contributed by atoms with E-state index in [2.05, 4.69) is 0 Å². The lowest BCUT2D eigenvalue weighted by atomic mass is 10.4. The van der Waals surface area contributed by atoms with Gasteiger partial charge in [0.2, 0.25) is 0 Å². The Morgan fingerprint density at radius 1 is 1.38 bits per heavy atom. The quantitative estimate of drug-likeness (QED) is 0.344. The van der Waals surface area contributed by atoms with Crippen molar-refractivity contribution < 1.29 is 9.18 Å². The highest BCUT2D eigenvalue weighted by Crippen LogP contribution is 2.07. The Morgan fingerprint density at radius 3 is 2.12 bits per heavy atom. The molecule has 1 aliphatic heterocycles. The third-order valence-electron chi connectivity index (χ3n) is 1.35. The number of amides is 1. The second kappa shape index (κ2) is 2.11. The minimum absolute atomic E-state index is 0.606. The van der Waals surface area contributed by atoms with E-state index in [0.717, 1.165) is 12.8 Å². The summed E-state index contributed by atoms with van der Waals surface area (Å²) < 4.78 is 11.7. The van der Waals surface area contributed by atoms with Gasteiger partial charge in [-0.25, -0.2) is 4.79 Å². The average molecular weight is 117 g/mol. The smallest absolute Gasteiger partial charge is 0.315 e. The molecule has 1 heterocycles. The number of hydrogen-bond donors (Lipinski definition) is 0. The molecule has 0 spiro atoms. The molecule has 3 heteroatoms. The van der Waals surface area contributed by atoms with E-state index in [9.17, 15) is 9.18 Å². The van der Waals surface area contributed by atoms with Gasteiger partial charge in [0.25, 0.3) is 0 Å². The summed E-state index contributed by atoms with van der Waals surface area (Å²) in [7, 11) is 0. The molecule has 0 bridgehead atoms. The molecule has 0 unspecified atom stereocenters. The molecule has 1 rings (SSSR count). The number of carbonyl (C=O) groups excluding carboxylic acids is 1. The molecule has 2 nitrogen and oxygen atoms in total. The van der Waals surface area contributed by atoms with Crippen LogP contribution < -0.4 is 0 Å². The number of likely N-dealkylation sites (tertiary alicyclic amines) is 1. The number of carbonyl (C=O) groups is 1. The summed E-state index contributed by atoms with van der Waals surface area (Å²) in [5.41, 5.74) is 0. The van der Waals surface area contributed by atoms with Gasteiger partial charge in [-0.3, -0.25) is 0 Å². The standard InChI is InChI=1S/C5H8FNO/c6-5(8)7-3-1-2-4-7/h1-4H2. The molecule has 0 aromatic carbocycles. The molecule has 0 aliphatic carbocycles. The first-order valence-electron chi connectivity index (χ1n) is 2.75. The lowest BCUT2D eigenvalue weighted by Gasteiger charge is -2.06. The molecule has 1 amide bonds. The van der Waals surface area contributed by atoms with Gasteiger partial charge in [-0.2, -0.15) is 0 Å². The van der Waals surface area contributed by atoms with E-state index < -0.39 is 6.16 Å². The van der Waals surface area contributed by atoms with Crippen LogP contribution in [0.25, 0.3) is 0 Å². The second-order valence-corrected chi connectivity index (χ2v) is 1.95. The average Bonchev–Trinajstić information content (AvgIpc) is 2.12. The Balaban J connectivity index is 2.35. The van der Waals surface area contributed by atoms with Gasteiger partial charge in [0, 0.05) is 13.1 Å². The summed E-state index contributed by atoms with van der Waals surface area (Å²) in [6.45, 7) is 1.21. The van der Waals surface area contributed by atoms with Gasteiger partial charge in [0.05, 0.1) is 0 Å². The van der Waals surface area contributed by atoms with Crippen LogP contribution in [0.3, 0.4) is 0 Å². The van der Waals surface area contributed by atoms with Gasteiger partial charge in [-0.05, 0) is 12.8 Å². The zero-order valence-corrected chi connectivity index (χ0v) is 4.56. The molecule has 1 aliphatic rings. The van der Waals surface area contributed by atoms with Crippen LogP contribution in [0.4, 0.5) is 9.18 Å². The SMILES string of the molecule is O=C(F)N1CCCC1. The molecule has 0 atom stereocenters. The summed E-state index contributed by atoms with van der Waals surface area (Å²) in [6.07, 6.45) is 0.633. The molecule has 0 aromatic rings. The van der Waals surface area contributed by atoms with E-state index in [0.29, 0.717) is 13.1 Å². The first-order valence-corrected chi connectivity index (χ1v) is 2.75. The van der Waals surface area contributed by atoms with Crippen molar-refractivity contribution in [3.05, 3.63) is 0 Å². The van der Waals surface area contributed by atoms with Crippen molar-refractivity contribution in [1.82, 2.24) is 4.90 Å². The maximum absolute atomic E-state index is 11.7. The Labute approximate surface area is 47.3 Å². The van der Waals surface area contributed by atoms with Crippen molar-refractivity contribution in [3.8, 4) is 0 Å². The van der Waals surface area contributed by atoms with Crippen molar-refractivity contribution in [2.45, 2.75) is 12.8 Å². The van der Waals surface area contributed by atoms with Crippen molar-refractivity contribution in [2.24, 2.45) is 0 Å². The Hall–Kier alpha value is -0.600. The molecule has 0 aromatic heterocycles. The first-order chi connectivity index (χ1) is 3.80. The zero-order chi connectivity index (χ0) is 5.98. The zero-order valence-electron chi connectivity index (χ0n) is 4.56. The molecule has 8 heavy (non-hydrogen) atoms. The predicted octanol–water partition coefficient (Wildman–Crippen LogP) is 1.17. The Bertz CT molecular complexity index is 98.6. The summed E-state index contributed by atoms with van der Waals surface area (Å²) in [6, 6.07) is 0. The van der Waals surface area contributed by atoms with Crippen LogP contribution in [0.5, 0.6) is 0 Å². The van der Waals surface area contributed by atoms with Crippen LogP contribution in [0.2, 0.25) is 0 Å². The van der Waals surface area contributed by atoms with E-state index in [4.69, 9.17) is 0 Å². The topological polar surface area (TPSA) is 20.3 Å². The van der Waals surface area contributed by atoms with Gasteiger partial charge in [0.15, 0.2) is 0 Å². The van der Waals surface area contributed by atoms with Crippen LogP contribution in [0.15, 0.2) is 0 Å². The predicted molar refractivity (Wildman–Crippen MR) is 27.3 cm³/mol. The first kappa shape index (κ1) is 5.54. The highest BCUT2D eigenvalue weighted by molar-refractivity contribution is 5.66. The third kappa shape index (κ3) is 0.967. The fourth-order valence-corrected chi connectivity index (χ4v) is 0.893. The van der Waals surface area contributed by atoms with Crippen LogP contribution >= 0.6 is 0 Å². The van der Waals surface area contributed by atoms with Gasteiger partial charge in [-0.1, -0.05) is 0 Å². The maximum atomic E-state index is 11.7. The van der Waals surface area contributed by atoms with Gasteiger partial charge in [0.1, 0.15) is 0 Å². The van der Waals surface area contributed by atoms with E-state index in [1.165, 1.54) is 4.90 Å². The van der Waals surface area contributed by atoms with Gasteiger partial charge in [-0.15, -0.1) is 4.39 Å². The molecule has 1 saturated heterocycles. The number of nitrogens with zero attached hydrogens (tertiary/aromatic N) is 1. The van der Waals surface area contributed by atoms with E-state index >= 15 is 0 Å². The summed E-state index contributed by atoms with van der Waals surface area (Å²) in [5.74, 6) is 0. The lowest BCUT2D eigenvalue weighted by molar-refractivity contribution is 0.185. The largest absolute Gasteiger partial charge is 0.400 e. The van der Waals surface area contributed by atoms with Crippen LogP contribution in [0, 0.1) is 0 Å². The maximum Gasteiger partial charge on any atom is 0.400 e. The normalized spacial score (nSPS) is 19.4. The van der Waals surface area contributed by atoms with E-state index in [1.54, 1.807) is 0 Å². The number of hydrogen-bond acceptors (Lipinski definition) is 1. The van der Waals surface area contributed by atoms with E-state index in [-0.39, 0.29) is 0 Å². The monoisotopic (exact) mass is 117 g/mol. The molecule has 0 saturated carbocycles. The lowest BCUT2D eigenvalue weighted by Crippen LogP contribution is -2.21. The van der Waals surface area contributed by atoms with Gasteiger partial charge < -0.3 is 4.90 Å². The minimum Gasteiger partial charge on any atom is -0.315 e. The molecule has 0 N–H and O–H groups in total. The molecular weight excluding hydrogens is 109 g/mol. The second-order valence-electron chi connectivity index (χ2n) is 1.95. The van der Waals surface area contributed by atoms with Crippen molar-refractivity contribution >= 4 is 6.16 Å². The third-order valence-corrected chi connectivity index (χ3v) is 1.35. The van der Waals surface area contributed by atoms with Crippen molar-refractivity contribution in [1.29, 1.82) is 0 Å². The van der Waals surface area contributed by atoms with E-state index in [1.807, 2.05) is 0 Å². The molecule has 0 radical (unpaired) electrons. The molecular formula is C5H8FNO. The number of halogens is 1. The fourth-order valence-electron chi connectivity index (χ4n) is 0.893. The van der Waals surface area contributed by atoms with Crippen LogP contribution in [0.1, 0.15) is 12.8 Å². The highest BCUT2D eigenvalue weighted by atomic mass is 19.1. The van der Waals surface area contributed by atoms with Crippen LogP contribution in [-0.4, -0.2) is 24.2 Å². The van der Waals surface area contributed by atoms with Gasteiger partial charge >= 0.3 is 6.16 Å². The summed E-state index contributed by atoms with van der Waals surface area (Å²) >= 11 is 0.